The molecule has 0 spiro atoms. The topological polar surface area (TPSA) is 29.5 Å². The number of methoxy groups -OCH3 is 1. The number of hydrogen-bond donors (Lipinski definition) is 0. The zero-order valence-corrected chi connectivity index (χ0v) is 16.6. The molecule has 0 aromatic heterocycles. The number of carbonyl (C=O) groups is 1. The molecule has 0 N–H and O–H groups in total. The number of nitrogens with zero attached hydrogens (tertiary/aromatic N) is 1. The molecule has 136 valence electrons. The van der Waals surface area contributed by atoms with E-state index in [1.54, 1.807) is 0 Å². The second kappa shape index (κ2) is 9.87. The molecular weight excluding hydrogens is 310 g/mol. The average Bonchev–Trinajstić information content (AvgIpc) is 2.53. The largest absolute Gasteiger partial charge is 0.466 e. The van der Waals surface area contributed by atoms with E-state index in [0.29, 0.717) is 0 Å². The van der Waals surface area contributed by atoms with Gasteiger partial charge in [-0.2, -0.15) is 0 Å². The van der Waals surface area contributed by atoms with Gasteiger partial charge < -0.3 is 9.64 Å². The maximum atomic E-state index is 11.2. The van der Waals surface area contributed by atoms with E-state index in [2.05, 4.69) is 62.7 Å². The molecule has 0 amide bonds. The minimum Gasteiger partial charge on any atom is -0.466 e. The molecule has 0 aliphatic rings. The molecule has 0 atom stereocenters. The first-order valence-electron chi connectivity index (χ1n) is 8.62. The van der Waals surface area contributed by atoms with E-state index in [9.17, 15) is 4.79 Å². The molecule has 0 bridgehead atoms. The van der Waals surface area contributed by atoms with E-state index in [1.807, 2.05) is 19.1 Å². The van der Waals surface area contributed by atoms with Gasteiger partial charge in [-0.3, -0.25) is 0 Å². The maximum Gasteiger partial charge on any atom is 0.330 e. The third-order valence-corrected chi connectivity index (χ3v) is 4.25. The van der Waals surface area contributed by atoms with Crippen molar-refractivity contribution in [2.45, 2.75) is 40.5 Å². The number of esters is 1. The van der Waals surface area contributed by atoms with E-state index < -0.39 is 0 Å². The van der Waals surface area contributed by atoms with Gasteiger partial charge in [0, 0.05) is 25.9 Å². The second-order valence-electron chi connectivity index (χ2n) is 6.74. The third kappa shape index (κ3) is 7.00. The lowest BCUT2D eigenvalue weighted by molar-refractivity contribution is -0.134. The van der Waals surface area contributed by atoms with Crippen LogP contribution in [0.15, 0.2) is 47.6 Å². The van der Waals surface area contributed by atoms with Gasteiger partial charge in [-0.1, -0.05) is 23.8 Å². The lowest BCUT2D eigenvalue weighted by atomic mass is 9.95. The lowest BCUT2D eigenvalue weighted by Gasteiger charge is -2.18. The highest BCUT2D eigenvalue weighted by Gasteiger charge is 2.06. The first kappa shape index (κ1) is 20.8. The summed E-state index contributed by atoms with van der Waals surface area (Å²) in [7, 11) is 5.53. The van der Waals surface area contributed by atoms with E-state index in [4.69, 9.17) is 0 Å². The molecule has 0 heterocycles. The lowest BCUT2D eigenvalue weighted by Crippen LogP contribution is -2.10. The van der Waals surface area contributed by atoms with Crippen LogP contribution >= 0.6 is 0 Å². The normalized spacial score (nSPS) is 12.6. The minimum atomic E-state index is -0.324. The molecule has 1 rings (SSSR count). The Morgan fingerprint density at radius 2 is 1.76 bits per heavy atom. The Hall–Kier alpha value is -2.29. The molecule has 0 aliphatic carbocycles. The Bertz CT molecular complexity index is 671. The summed E-state index contributed by atoms with van der Waals surface area (Å²) in [5.74, 6) is -0.324. The van der Waals surface area contributed by atoms with E-state index in [0.717, 1.165) is 18.4 Å². The number of rotatable bonds is 7. The van der Waals surface area contributed by atoms with Crippen LogP contribution in [0.1, 0.15) is 37.0 Å². The van der Waals surface area contributed by atoms with Crippen molar-refractivity contribution in [1.29, 1.82) is 0 Å². The molecule has 0 saturated carbocycles. The zero-order valence-electron chi connectivity index (χ0n) is 16.6. The number of carbonyl (C=O) groups excluding carboxylic acids is 1. The van der Waals surface area contributed by atoms with Crippen LogP contribution in [0.5, 0.6) is 0 Å². The van der Waals surface area contributed by atoms with Crippen LogP contribution in [0.4, 0.5) is 5.69 Å². The molecule has 0 fully saturated rings. The summed E-state index contributed by atoms with van der Waals surface area (Å²) in [5, 5.41) is 0. The summed E-state index contributed by atoms with van der Waals surface area (Å²) in [6.07, 6.45) is 9.56. The van der Waals surface area contributed by atoms with Crippen molar-refractivity contribution in [2.24, 2.45) is 0 Å². The molecule has 3 heteroatoms. The van der Waals surface area contributed by atoms with Crippen LogP contribution in [0.2, 0.25) is 0 Å². The van der Waals surface area contributed by atoms with Gasteiger partial charge in [-0.05, 0) is 74.9 Å². The summed E-state index contributed by atoms with van der Waals surface area (Å²) in [4.78, 5) is 13.3. The highest BCUT2D eigenvalue weighted by atomic mass is 16.5. The molecular formula is C22H31NO2. The number of ether oxygens (including phenoxy) is 1. The minimum absolute atomic E-state index is 0.324. The maximum absolute atomic E-state index is 11.2. The molecule has 1 aromatic carbocycles. The van der Waals surface area contributed by atoms with Crippen LogP contribution in [0, 0.1) is 13.8 Å². The van der Waals surface area contributed by atoms with Crippen LogP contribution in [-0.4, -0.2) is 27.2 Å². The zero-order chi connectivity index (χ0) is 19.0. The van der Waals surface area contributed by atoms with Crippen LogP contribution in [0.25, 0.3) is 0 Å². The fourth-order valence-corrected chi connectivity index (χ4v) is 2.69. The molecule has 25 heavy (non-hydrogen) atoms. The van der Waals surface area contributed by atoms with Gasteiger partial charge >= 0.3 is 5.97 Å². The Labute approximate surface area is 152 Å². The third-order valence-electron chi connectivity index (χ3n) is 4.25. The van der Waals surface area contributed by atoms with E-state index in [1.165, 1.54) is 41.1 Å². The highest BCUT2D eigenvalue weighted by Crippen LogP contribution is 2.24. The van der Waals surface area contributed by atoms with E-state index in [-0.39, 0.29) is 5.97 Å². The van der Waals surface area contributed by atoms with Crippen molar-refractivity contribution >= 4 is 11.7 Å². The van der Waals surface area contributed by atoms with Crippen molar-refractivity contribution < 1.29 is 9.53 Å². The van der Waals surface area contributed by atoms with Crippen LogP contribution in [-0.2, 0) is 16.0 Å². The van der Waals surface area contributed by atoms with Crippen molar-refractivity contribution in [3.8, 4) is 0 Å². The molecule has 0 radical (unpaired) electrons. The van der Waals surface area contributed by atoms with Crippen molar-refractivity contribution in [3.63, 3.8) is 0 Å². The first-order chi connectivity index (χ1) is 11.7. The van der Waals surface area contributed by atoms with Crippen LogP contribution < -0.4 is 4.90 Å². The fourth-order valence-electron chi connectivity index (χ4n) is 2.69. The van der Waals surface area contributed by atoms with Crippen molar-refractivity contribution in [2.75, 3.05) is 26.1 Å². The number of aryl methyl sites for hydroxylation is 2. The summed E-state index contributed by atoms with van der Waals surface area (Å²) in [6, 6.07) is 4.50. The number of allylic oxidation sites excluding steroid dienone is 5. The summed E-state index contributed by atoms with van der Waals surface area (Å²) < 4.78 is 4.61. The van der Waals surface area contributed by atoms with E-state index >= 15 is 0 Å². The van der Waals surface area contributed by atoms with Gasteiger partial charge in [0.1, 0.15) is 0 Å². The van der Waals surface area contributed by atoms with Gasteiger partial charge in [0.15, 0.2) is 0 Å². The molecule has 0 aliphatic heterocycles. The monoisotopic (exact) mass is 341 g/mol. The first-order valence-corrected chi connectivity index (χ1v) is 8.62. The van der Waals surface area contributed by atoms with Gasteiger partial charge in [-0.15, -0.1) is 0 Å². The Kier molecular flexibility index (Phi) is 8.20. The smallest absolute Gasteiger partial charge is 0.330 e. The van der Waals surface area contributed by atoms with Gasteiger partial charge in [0.25, 0.3) is 0 Å². The molecule has 1 aromatic rings. The number of benzene rings is 1. The van der Waals surface area contributed by atoms with Gasteiger partial charge in [0.05, 0.1) is 7.11 Å². The predicted octanol–water partition coefficient (Wildman–Crippen LogP) is 4.92. The predicted molar refractivity (Wildman–Crippen MR) is 107 cm³/mol. The van der Waals surface area contributed by atoms with Gasteiger partial charge in [0.2, 0.25) is 0 Å². The van der Waals surface area contributed by atoms with Crippen molar-refractivity contribution in [3.05, 3.63) is 64.3 Å². The molecule has 3 nitrogen and oxygen atoms in total. The summed E-state index contributed by atoms with van der Waals surface area (Å²) in [5.41, 5.74) is 7.58. The summed E-state index contributed by atoms with van der Waals surface area (Å²) in [6.45, 7) is 8.41. The Balaban J connectivity index is 2.72. The van der Waals surface area contributed by atoms with Crippen molar-refractivity contribution in [1.82, 2.24) is 0 Å². The SMILES string of the molecule is COC(=O)/C=C(\C)C=CC=C(C)CCc1c(C)cc(N(C)C)cc1C. The quantitative estimate of drug-likeness (QED) is 0.400. The summed E-state index contributed by atoms with van der Waals surface area (Å²) >= 11 is 0. The molecule has 0 unspecified atom stereocenters. The number of hydrogen-bond acceptors (Lipinski definition) is 3. The number of anilines is 1. The molecule has 0 saturated heterocycles. The fraction of sp³-hybridized carbons (Fsp3) is 0.409. The Morgan fingerprint density at radius 3 is 2.28 bits per heavy atom. The Morgan fingerprint density at radius 1 is 1.16 bits per heavy atom. The average molecular weight is 341 g/mol. The van der Waals surface area contributed by atoms with Gasteiger partial charge in [-0.25, -0.2) is 4.79 Å². The second-order valence-corrected chi connectivity index (χ2v) is 6.74. The van der Waals surface area contributed by atoms with Crippen LogP contribution in [0.3, 0.4) is 0 Å². The standard InChI is InChI=1S/C22H31NO2/c1-16(9-8-10-17(2)13-22(24)25-7)11-12-21-18(3)14-20(23(5)6)15-19(21)4/h8-10,13-15H,11-12H2,1-7H3/b10-8?,16-9?,17-13+. The highest BCUT2D eigenvalue weighted by molar-refractivity contribution is 5.83.